The van der Waals surface area contributed by atoms with E-state index >= 15 is 0 Å². The van der Waals surface area contributed by atoms with Gasteiger partial charge < -0.3 is 4.74 Å². The zero-order chi connectivity index (χ0) is 9.84. The van der Waals surface area contributed by atoms with Gasteiger partial charge in [-0.1, -0.05) is 15.9 Å². The van der Waals surface area contributed by atoms with Gasteiger partial charge in [0.1, 0.15) is 11.8 Å². The van der Waals surface area contributed by atoms with Crippen LogP contribution in [0, 0.1) is 11.3 Å². The number of hydrogen-bond acceptors (Lipinski definition) is 2. The second-order valence-corrected chi connectivity index (χ2v) is 3.05. The van der Waals surface area contributed by atoms with E-state index in [9.17, 15) is 8.78 Å². The largest absolute Gasteiger partial charge is 0.433 e. The van der Waals surface area contributed by atoms with E-state index in [-0.39, 0.29) is 11.3 Å². The summed E-state index contributed by atoms with van der Waals surface area (Å²) in [7, 11) is 0. The molecule has 0 aliphatic rings. The van der Waals surface area contributed by atoms with Crippen LogP contribution >= 0.6 is 15.9 Å². The van der Waals surface area contributed by atoms with Gasteiger partial charge >= 0.3 is 6.61 Å². The molecule has 1 aromatic carbocycles. The lowest BCUT2D eigenvalue weighted by Gasteiger charge is -2.05. The summed E-state index contributed by atoms with van der Waals surface area (Å²) in [4.78, 5) is 0. The molecule has 0 aliphatic carbocycles. The van der Waals surface area contributed by atoms with Gasteiger partial charge in [0.25, 0.3) is 0 Å². The van der Waals surface area contributed by atoms with Crippen molar-refractivity contribution in [3.8, 4) is 11.8 Å². The first kappa shape index (κ1) is 9.93. The third-order valence-corrected chi connectivity index (χ3v) is 1.77. The molecule has 0 saturated heterocycles. The Hall–Kier alpha value is -1.15. The molecule has 0 aromatic heterocycles. The summed E-state index contributed by atoms with van der Waals surface area (Å²) in [6, 6.07) is 6.06. The number of nitrogens with zero attached hydrogens (tertiary/aromatic N) is 1. The Labute approximate surface area is 81.9 Å². The van der Waals surface area contributed by atoms with Gasteiger partial charge in [-0.2, -0.15) is 14.0 Å². The van der Waals surface area contributed by atoms with E-state index in [1.165, 1.54) is 12.1 Å². The van der Waals surface area contributed by atoms with Crippen LogP contribution in [0.2, 0.25) is 0 Å². The Balaban J connectivity index is 3.03. The molecule has 13 heavy (non-hydrogen) atoms. The Morgan fingerprint density at radius 2 is 2.15 bits per heavy atom. The molecular weight excluding hydrogens is 244 g/mol. The van der Waals surface area contributed by atoms with Gasteiger partial charge in [0.15, 0.2) is 0 Å². The highest BCUT2D eigenvalue weighted by Gasteiger charge is 2.09. The number of benzene rings is 1. The third kappa shape index (κ3) is 2.67. The fraction of sp³-hybridized carbons (Fsp3) is 0.125. The first-order valence-electron chi connectivity index (χ1n) is 3.28. The van der Waals surface area contributed by atoms with E-state index in [2.05, 4.69) is 20.7 Å². The van der Waals surface area contributed by atoms with E-state index in [1.807, 2.05) is 0 Å². The number of halogens is 3. The lowest BCUT2D eigenvalue weighted by molar-refractivity contribution is -0.0500. The topological polar surface area (TPSA) is 33.0 Å². The number of ether oxygens (including phenoxy) is 1. The van der Waals surface area contributed by atoms with E-state index in [0.717, 1.165) is 0 Å². The minimum atomic E-state index is -2.92. The van der Waals surface area contributed by atoms with Crippen molar-refractivity contribution in [3.05, 3.63) is 28.2 Å². The number of hydrogen-bond donors (Lipinski definition) is 0. The molecule has 0 heterocycles. The summed E-state index contributed by atoms with van der Waals surface area (Å²) in [6.07, 6.45) is 0. The number of nitriles is 1. The van der Waals surface area contributed by atoms with Crippen molar-refractivity contribution in [2.24, 2.45) is 0 Å². The van der Waals surface area contributed by atoms with Gasteiger partial charge in [0.05, 0.1) is 5.56 Å². The predicted octanol–water partition coefficient (Wildman–Crippen LogP) is 2.92. The molecule has 68 valence electrons. The van der Waals surface area contributed by atoms with Crippen molar-refractivity contribution >= 4 is 15.9 Å². The molecule has 0 amide bonds. The third-order valence-electron chi connectivity index (χ3n) is 1.28. The minimum Gasteiger partial charge on any atom is -0.433 e. The van der Waals surface area contributed by atoms with Crippen LogP contribution in [0.5, 0.6) is 5.75 Å². The fourth-order valence-corrected chi connectivity index (χ4v) is 1.12. The Morgan fingerprint density at radius 3 is 2.69 bits per heavy atom. The van der Waals surface area contributed by atoms with E-state index in [0.29, 0.717) is 4.47 Å². The first-order chi connectivity index (χ1) is 6.13. The van der Waals surface area contributed by atoms with E-state index < -0.39 is 6.61 Å². The predicted molar refractivity (Wildman–Crippen MR) is 45.5 cm³/mol. The maximum atomic E-state index is 11.8. The number of rotatable bonds is 2. The first-order valence-corrected chi connectivity index (χ1v) is 4.07. The van der Waals surface area contributed by atoms with Gasteiger partial charge in [0.2, 0.25) is 0 Å². The lowest BCUT2D eigenvalue weighted by Crippen LogP contribution is -2.03. The van der Waals surface area contributed by atoms with Crippen LogP contribution in [0.15, 0.2) is 22.7 Å². The van der Waals surface area contributed by atoms with Gasteiger partial charge in [0, 0.05) is 4.47 Å². The summed E-state index contributed by atoms with van der Waals surface area (Å²) in [5.74, 6) is -0.119. The van der Waals surface area contributed by atoms with Gasteiger partial charge in [-0.25, -0.2) is 0 Å². The molecule has 0 radical (unpaired) electrons. The summed E-state index contributed by atoms with van der Waals surface area (Å²) in [6.45, 7) is -2.92. The molecule has 5 heteroatoms. The zero-order valence-electron chi connectivity index (χ0n) is 6.30. The summed E-state index contributed by atoms with van der Waals surface area (Å²) >= 11 is 3.08. The van der Waals surface area contributed by atoms with Crippen LogP contribution in [-0.4, -0.2) is 6.61 Å². The standard InChI is InChI=1S/C8H4BrF2NO/c9-6-2-1-5(4-12)7(3-6)13-8(10)11/h1-3,8H. The molecule has 0 N–H and O–H groups in total. The molecule has 1 rings (SSSR count). The molecule has 0 fully saturated rings. The Bertz CT molecular complexity index is 348. The van der Waals surface area contributed by atoms with Crippen molar-refractivity contribution in [1.82, 2.24) is 0 Å². The normalized spacial score (nSPS) is 9.77. The second kappa shape index (κ2) is 4.19. The highest BCUT2D eigenvalue weighted by atomic mass is 79.9. The van der Waals surface area contributed by atoms with Crippen LogP contribution in [0.4, 0.5) is 8.78 Å². The Kier molecular flexibility index (Phi) is 3.20. The molecule has 0 aliphatic heterocycles. The van der Waals surface area contributed by atoms with Gasteiger partial charge in [-0.3, -0.25) is 0 Å². The SMILES string of the molecule is N#Cc1ccc(Br)cc1OC(F)F. The molecule has 0 bridgehead atoms. The van der Waals surface area contributed by atoms with Crippen LogP contribution in [0.1, 0.15) is 5.56 Å². The molecule has 0 saturated carbocycles. The van der Waals surface area contributed by atoms with Crippen LogP contribution in [-0.2, 0) is 0 Å². The van der Waals surface area contributed by atoms with Crippen molar-refractivity contribution in [3.63, 3.8) is 0 Å². The molecule has 0 unspecified atom stereocenters. The summed E-state index contributed by atoms with van der Waals surface area (Å²) in [5.41, 5.74) is 0.0866. The molecule has 0 spiro atoms. The second-order valence-electron chi connectivity index (χ2n) is 2.13. The average molecular weight is 248 g/mol. The van der Waals surface area contributed by atoms with Crippen LogP contribution in [0.25, 0.3) is 0 Å². The number of alkyl halides is 2. The fourth-order valence-electron chi connectivity index (χ4n) is 0.782. The van der Waals surface area contributed by atoms with Gasteiger partial charge in [-0.05, 0) is 18.2 Å². The van der Waals surface area contributed by atoms with Crippen molar-refractivity contribution < 1.29 is 13.5 Å². The molecule has 0 atom stereocenters. The highest BCUT2D eigenvalue weighted by molar-refractivity contribution is 9.10. The maximum Gasteiger partial charge on any atom is 0.387 e. The zero-order valence-corrected chi connectivity index (χ0v) is 7.88. The smallest absolute Gasteiger partial charge is 0.387 e. The van der Waals surface area contributed by atoms with Crippen LogP contribution in [0.3, 0.4) is 0 Å². The lowest BCUT2D eigenvalue weighted by atomic mass is 10.2. The highest BCUT2D eigenvalue weighted by Crippen LogP contribution is 2.24. The minimum absolute atomic E-state index is 0.0866. The Morgan fingerprint density at radius 1 is 1.46 bits per heavy atom. The average Bonchev–Trinajstić information content (AvgIpc) is 2.03. The molecule has 2 nitrogen and oxygen atoms in total. The monoisotopic (exact) mass is 247 g/mol. The van der Waals surface area contributed by atoms with E-state index in [1.54, 1.807) is 12.1 Å². The molecular formula is C8H4BrF2NO. The van der Waals surface area contributed by atoms with Gasteiger partial charge in [-0.15, -0.1) is 0 Å². The molecule has 1 aromatic rings. The summed E-state index contributed by atoms with van der Waals surface area (Å²) in [5, 5.41) is 8.53. The maximum absolute atomic E-state index is 11.8. The quantitative estimate of drug-likeness (QED) is 0.806. The van der Waals surface area contributed by atoms with E-state index in [4.69, 9.17) is 5.26 Å². The van der Waals surface area contributed by atoms with Crippen molar-refractivity contribution in [1.29, 1.82) is 5.26 Å². The van der Waals surface area contributed by atoms with Crippen LogP contribution < -0.4 is 4.74 Å². The van der Waals surface area contributed by atoms with Crippen molar-refractivity contribution in [2.75, 3.05) is 0 Å². The van der Waals surface area contributed by atoms with Crippen molar-refractivity contribution in [2.45, 2.75) is 6.61 Å². The summed E-state index contributed by atoms with van der Waals surface area (Å²) < 4.78 is 28.4.